The molecule has 0 radical (unpaired) electrons. The lowest BCUT2D eigenvalue weighted by Gasteiger charge is -2.33. The zero-order valence-electron chi connectivity index (χ0n) is 14.4. The fourth-order valence-electron chi connectivity index (χ4n) is 2.13. The van der Waals surface area contributed by atoms with E-state index in [9.17, 15) is 4.79 Å². The third-order valence-corrected chi connectivity index (χ3v) is 3.65. The number of carbonyl (C=O) groups is 1. The van der Waals surface area contributed by atoms with Crippen molar-refractivity contribution in [1.29, 1.82) is 0 Å². The van der Waals surface area contributed by atoms with Crippen LogP contribution in [0.15, 0.2) is 0 Å². The molecule has 0 aromatic carbocycles. The summed E-state index contributed by atoms with van der Waals surface area (Å²) in [5.74, 6) is 2.54. The van der Waals surface area contributed by atoms with Crippen LogP contribution in [0.5, 0.6) is 0 Å². The maximum Gasteiger partial charge on any atom is 0.302 e. The first-order valence-corrected chi connectivity index (χ1v) is 7.99. The predicted molar refractivity (Wildman–Crippen MR) is 83.6 cm³/mol. The van der Waals surface area contributed by atoms with Crippen LogP contribution in [0.1, 0.15) is 61.3 Å². The molecule has 0 aromatic heterocycles. The highest BCUT2D eigenvalue weighted by Gasteiger charge is 2.25. The van der Waals surface area contributed by atoms with Crippen LogP contribution in [0.3, 0.4) is 0 Å². The molecule has 1 aliphatic heterocycles. The Balaban J connectivity index is 0.000000396. The second kappa shape index (κ2) is 10.2. The third-order valence-electron chi connectivity index (χ3n) is 3.65. The number of hydrogen-bond donors (Lipinski definition) is 0. The van der Waals surface area contributed by atoms with Crippen LogP contribution in [-0.2, 0) is 14.3 Å². The summed E-state index contributed by atoms with van der Waals surface area (Å²) < 4.78 is 10.5. The summed E-state index contributed by atoms with van der Waals surface area (Å²) >= 11 is 0. The Hall–Kier alpha value is -0.570. The van der Waals surface area contributed by atoms with Gasteiger partial charge in [0.05, 0.1) is 19.3 Å². The lowest BCUT2D eigenvalue weighted by molar-refractivity contribution is -0.141. The third kappa shape index (κ3) is 9.35. The van der Waals surface area contributed by atoms with E-state index in [2.05, 4.69) is 32.4 Å². The molecule has 3 heteroatoms. The van der Waals surface area contributed by atoms with Crippen LogP contribution >= 0.6 is 0 Å². The highest BCUT2D eigenvalue weighted by molar-refractivity contribution is 5.65. The van der Waals surface area contributed by atoms with Crippen LogP contribution in [0.2, 0.25) is 0 Å². The van der Waals surface area contributed by atoms with Crippen LogP contribution in [-0.4, -0.2) is 25.3 Å². The molecule has 0 aromatic rings. The molecule has 120 valence electrons. The molecule has 1 rings (SSSR count). The number of esters is 1. The van der Waals surface area contributed by atoms with Crippen LogP contribution < -0.4 is 0 Å². The van der Waals surface area contributed by atoms with E-state index in [0.29, 0.717) is 24.5 Å². The minimum Gasteiger partial charge on any atom is -0.466 e. The maximum absolute atomic E-state index is 10.1. The van der Waals surface area contributed by atoms with Gasteiger partial charge in [0.2, 0.25) is 0 Å². The molecular weight excluding hydrogens is 252 g/mol. The molecule has 0 bridgehead atoms. The summed E-state index contributed by atoms with van der Waals surface area (Å²) in [6.07, 6.45) is 3.15. The molecule has 0 saturated carbocycles. The van der Waals surface area contributed by atoms with E-state index in [0.717, 1.165) is 18.4 Å². The van der Waals surface area contributed by atoms with Crippen molar-refractivity contribution in [3.63, 3.8) is 0 Å². The lowest BCUT2D eigenvalue weighted by atomic mass is 9.86. The van der Waals surface area contributed by atoms with Gasteiger partial charge < -0.3 is 9.47 Å². The van der Waals surface area contributed by atoms with Crippen molar-refractivity contribution in [1.82, 2.24) is 0 Å². The first kappa shape index (κ1) is 19.4. The number of rotatable bonds is 4. The first-order valence-electron chi connectivity index (χ1n) is 7.99. The predicted octanol–water partition coefficient (Wildman–Crippen LogP) is 4.30. The number of hydrogen-bond acceptors (Lipinski definition) is 3. The Kier molecular flexibility index (Phi) is 9.91. The van der Waals surface area contributed by atoms with Crippen molar-refractivity contribution in [2.45, 2.75) is 67.4 Å². The van der Waals surface area contributed by atoms with E-state index < -0.39 is 0 Å². The van der Waals surface area contributed by atoms with E-state index in [1.807, 2.05) is 13.8 Å². The Morgan fingerprint density at radius 3 is 1.95 bits per heavy atom. The summed E-state index contributed by atoms with van der Waals surface area (Å²) in [4.78, 5) is 10.1. The highest BCUT2D eigenvalue weighted by Crippen LogP contribution is 2.27. The van der Waals surface area contributed by atoms with Gasteiger partial charge in [-0.3, -0.25) is 4.79 Å². The van der Waals surface area contributed by atoms with E-state index in [-0.39, 0.29) is 5.97 Å². The average molecular weight is 286 g/mol. The summed E-state index contributed by atoms with van der Waals surface area (Å²) in [7, 11) is 0. The van der Waals surface area contributed by atoms with Gasteiger partial charge in [-0.25, -0.2) is 0 Å². The van der Waals surface area contributed by atoms with Gasteiger partial charge >= 0.3 is 5.97 Å². The molecule has 0 aliphatic carbocycles. The molecule has 2 unspecified atom stereocenters. The largest absolute Gasteiger partial charge is 0.466 e. The molecule has 1 saturated heterocycles. The van der Waals surface area contributed by atoms with Crippen molar-refractivity contribution in [3.8, 4) is 0 Å². The van der Waals surface area contributed by atoms with Crippen molar-refractivity contribution in [3.05, 3.63) is 0 Å². The Bertz CT molecular complexity index is 235. The van der Waals surface area contributed by atoms with Gasteiger partial charge in [0.25, 0.3) is 0 Å². The quantitative estimate of drug-likeness (QED) is 0.723. The number of ether oxygens (including phenoxy) is 2. The van der Waals surface area contributed by atoms with Crippen LogP contribution in [0.4, 0.5) is 0 Å². The normalized spacial score (nSPS) is 22.7. The zero-order chi connectivity index (χ0) is 15.7. The molecule has 3 nitrogen and oxygen atoms in total. The van der Waals surface area contributed by atoms with Crippen molar-refractivity contribution < 1.29 is 14.3 Å². The SMILES string of the molecule is CC(=O)OCC(C)C.CC(C)C1CCC(C(C)C)OC1. The van der Waals surface area contributed by atoms with E-state index in [1.54, 1.807) is 0 Å². The molecule has 1 aliphatic rings. The summed E-state index contributed by atoms with van der Waals surface area (Å²) in [6, 6.07) is 0. The Labute approximate surface area is 125 Å². The zero-order valence-corrected chi connectivity index (χ0v) is 14.4. The van der Waals surface area contributed by atoms with Crippen LogP contribution in [0.25, 0.3) is 0 Å². The molecule has 1 fully saturated rings. The van der Waals surface area contributed by atoms with Gasteiger partial charge in [0.15, 0.2) is 0 Å². The van der Waals surface area contributed by atoms with E-state index in [4.69, 9.17) is 4.74 Å². The summed E-state index contributed by atoms with van der Waals surface area (Å²) in [6.45, 7) is 16.0. The second-order valence-corrected chi connectivity index (χ2v) is 6.89. The lowest BCUT2D eigenvalue weighted by Crippen LogP contribution is -2.31. The van der Waals surface area contributed by atoms with Crippen molar-refractivity contribution in [2.75, 3.05) is 13.2 Å². The minimum atomic E-state index is -0.196. The van der Waals surface area contributed by atoms with Gasteiger partial charge in [0, 0.05) is 6.92 Å². The average Bonchev–Trinajstić information content (AvgIpc) is 2.37. The van der Waals surface area contributed by atoms with Gasteiger partial charge in [-0.15, -0.1) is 0 Å². The highest BCUT2D eigenvalue weighted by atomic mass is 16.5. The second-order valence-electron chi connectivity index (χ2n) is 6.89. The van der Waals surface area contributed by atoms with E-state index in [1.165, 1.54) is 19.8 Å². The standard InChI is InChI=1S/C11H22O.C6H12O2/c1-8(2)10-5-6-11(9(3)4)12-7-10;1-5(2)4-8-6(3)7/h8-11H,5-7H2,1-4H3;5H,4H2,1-3H3. The molecule has 0 spiro atoms. The number of carbonyl (C=O) groups excluding carboxylic acids is 1. The van der Waals surface area contributed by atoms with Crippen molar-refractivity contribution in [2.24, 2.45) is 23.7 Å². The maximum atomic E-state index is 10.1. The Morgan fingerprint density at radius 1 is 1.10 bits per heavy atom. The minimum absolute atomic E-state index is 0.196. The molecule has 20 heavy (non-hydrogen) atoms. The Morgan fingerprint density at radius 2 is 1.70 bits per heavy atom. The van der Waals surface area contributed by atoms with Gasteiger partial charge in [-0.1, -0.05) is 41.5 Å². The topological polar surface area (TPSA) is 35.5 Å². The van der Waals surface area contributed by atoms with Crippen LogP contribution in [0, 0.1) is 23.7 Å². The van der Waals surface area contributed by atoms with Crippen molar-refractivity contribution >= 4 is 5.97 Å². The molecule has 0 N–H and O–H groups in total. The first-order chi connectivity index (χ1) is 9.23. The fraction of sp³-hybridized carbons (Fsp3) is 0.941. The van der Waals surface area contributed by atoms with Gasteiger partial charge in [-0.2, -0.15) is 0 Å². The summed E-state index contributed by atoms with van der Waals surface area (Å²) in [5, 5.41) is 0. The molecule has 0 amide bonds. The fourth-order valence-corrected chi connectivity index (χ4v) is 2.13. The van der Waals surface area contributed by atoms with Gasteiger partial charge in [0.1, 0.15) is 0 Å². The van der Waals surface area contributed by atoms with E-state index >= 15 is 0 Å². The van der Waals surface area contributed by atoms with Gasteiger partial charge in [-0.05, 0) is 36.5 Å². The smallest absolute Gasteiger partial charge is 0.302 e. The monoisotopic (exact) mass is 286 g/mol. The summed E-state index contributed by atoms with van der Waals surface area (Å²) in [5.41, 5.74) is 0. The molecule has 1 heterocycles. The molecular formula is C17H34O3. The molecule has 2 atom stereocenters.